The van der Waals surface area contributed by atoms with Crippen molar-refractivity contribution in [3.05, 3.63) is 59.1 Å². The molecule has 6 heteroatoms. The van der Waals surface area contributed by atoms with E-state index in [1.165, 1.54) is 0 Å². The third-order valence-corrected chi connectivity index (χ3v) is 3.87. The summed E-state index contributed by atoms with van der Waals surface area (Å²) in [4.78, 5) is 12.4. The van der Waals surface area contributed by atoms with Crippen LogP contribution in [0.4, 0.5) is 5.95 Å². The number of aryl methyl sites for hydroxylation is 1. The maximum absolute atomic E-state index is 12.4. The fraction of sp³-hybridized carbons (Fsp3) is 0.125. The van der Waals surface area contributed by atoms with E-state index in [1.807, 2.05) is 40.4 Å². The fourth-order valence-electron chi connectivity index (χ4n) is 2.44. The maximum atomic E-state index is 12.4. The number of benzene rings is 2. The number of nitrogens with zero attached hydrogens (tertiary/aromatic N) is 2. The number of nitrogens with two attached hydrogens (primary N) is 1. The van der Waals surface area contributed by atoms with E-state index in [2.05, 4.69) is 0 Å². The highest BCUT2D eigenvalue weighted by Crippen LogP contribution is 2.17. The lowest BCUT2D eigenvalue weighted by Crippen LogP contribution is -2.31. The Hall–Kier alpha value is -1.85. The molecular weight excluding hydrogens is 366 g/mol. The number of hydrogen-bond donors (Lipinski definition) is 1. The number of ketones is 1. The van der Waals surface area contributed by atoms with Gasteiger partial charge >= 0.3 is 5.95 Å². The molecule has 0 fully saturated rings. The van der Waals surface area contributed by atoms with Gasteiger partial charge in [-0.2, -0.15) is 0 Å². The van der Waals surface area contributed by atoms with Crippen molar-refractivity contribution in [3.63, 3.8) is 0 Å². The van der Waals surface area contributed by atoms with Crippen molar-refractivity contribution in [2.24, 2.45) is 7.05 Å². The normalized spacial score (nSPS) is 10.5. The average Bonchev–Trinajstić information content (AvgIpc) is 2.73. The highest BCUT2D eigenvalue weighted by atomic mass is 79.9. The molecular formula is C16H16BrClN3O+. The molecule has 4 nitrogen and oxygen atoms in total. The van der Waals surface area contributed by atoms with Crippen LogP contribution in [0.25, 0.3) is 11.0 Å². The Morgan fingerprint density at radius 1 is 1.18 bits per heavy atom. The Labute approximate surface area is 143 Å². The molecule has 0 aliphatic heterocycles. The summed E-state index contributed by atoms with van der Waals surface area (Å²) in [5, 5.41) is 0.615. The van der Waals surface area contributed by atoms with E-state index in [1.54, 1.807) is 24.3 Å². The van der Waals surface area contributed by atoms with Crippen LogP contribution < -0.4 is 10.3 Å². The molecule has 0 atom stereocenters. The summed E-state index contributed by atoms with van der Waals surface area (Å²) >= 11 is 5.84. The Kier molecular flexibility index (Phi) is 4.88. The standard InChI is InChI=1S/C16H14ClN3O.BrH/c1-19-13-4-2-3-5-14(13)20(16(19)18)10-15(21)11-6-8-12(17)9-7-11;/h2-9,18H,10H2,1H3;1H/p+1. The van der Waals surface area contributed by atoms with E-state index in [9.17, 15) is 4.79 Å². The largest absolute Gasteiger partial charge is 0.356 e. The molecule has 114 valence electrons. The molecule has 0 saturated heterocycles. The summed E-state index contributed by atoms with van der Waals surface area (Å²) in [5.41, 5.74) is 8.69. The lowest BCUT2D eigenvalue weighted by Gasteiger charge is -2.02. The molecule has 0 bridgehead atoms. The molecule has 2 N–H and O–H groups in total. The van der Waals surface area contributed by atoms with Gasteiger partial charge in [-0.3, -0.25) is 10.5 Å². The second kappa shape index (κ2) is 6.50. The first kappa shape index (κ1) is 16.5. The average molecular weight is 382 g/mol. The van der Waals surface area contributed by atoms with Gasteiger partial charge in [0.15, 0.2) is 5.78 Å². The van der Waals surface area contributed by atoms with Crippen molar-refractivity contribution in [3.8, 4) is 0 Å². The highest BCUT2D eigenvalue weighted by molar-refractivity contribution is 8.93. The molecule has 0 amide bonds. The predicted octanol–water partition coefficient (Wildman–Crippen LogP) is 3.16. The molecule has 0 aliphatic rings. The molecule has 22 heavy (non-hydrogen) atoms. The van der Waals surface area contributed by atoms with Gasteiger partial charge in [0.05, 0.1) is 7.05 Å². The van der Waals surface area contributed by atoms with Crippen molar-refractivity contribution in [1.82, 2.24) is 4.57 Å². The molecule has 0 radical (unpaired) electrons. The molecule has 3 aromatic rings. The number of Topliss-reactive ketones (excluding diaryl/α,β-unsaturated/α-hetero) is 1. The molecule has 0 unspecified atom stereocenters. The number of carbonyl (C=O) groups is 1. The van der Waals surface area contributed by atoms with E-state index in [0.29, 0.717) is 16.5 Å². The fourth-order valence-corrected chi connectivity index (χ4v) is 2.57. The quantitative estimate of drug-likeness (QED) is 0.560. The summed E-state index contributed by atoms with van der Waals surface area (Å²) in [5.74, 6) is 0.554. The minimum Gasteiger partial charge on any atom is -0.291 e. The first-order valence-electron chi connectivity index (χ1n) is 6.59. The van der Waals surface area contributed by atoms with Crippen LogP contribution in [0.15, 0.2) is 48.5 Å². The number of hydrogen-bond acceptors (Lipinski definition) is 2. The smallest absolute Gasteiger partial charge is 0.291 e. The minimum absolute atomic E-state index is 0. The maximum Gasteiger partial charge on any atom is 0.356 e. The van der Waals surface area contributed by atoms with Gasteiger partial charge in [0.25, 0.3) is 0 Å². The lowest BCUT2D eigenvalue weighted by molar-refractivity contribution is -0.630. The number of fused-ring (bicyclic) bond motifs is 1. The summed E-state index contributed by atoms with van der Waals surface area (Å²) in [6, 6.07) is 14.7. The Balaban J connectivity index is 0.00000176. The Bertz CT molecular complexity index is 827. The number of nitrogen functional groups attached to an aromatic ring is 1. The second-order valence-electron chi connectivity index (χ2n) is 4.92. The first-order valence-corrected chi connectivity index (χ1v) is 6.97. The predicted molar refractivity (Wildman–Crippen MR) is 93.6 cm³/mol. The van der Waals surface area contributed by atoms with Crippen molar-refractivity contribution in [2.45, 2.75) is 6.54 Å². The van der Waals surface area contributed by atoms with Crippen molar-refractivity contribution in [2.75, 3.05) is 5.73 Å². The van der Waals surface area contributed by atoms with E-state index in [4.69, 9.17) is 17.3 Å². The highest BCUT2D eigenvalue weighted by Gasteiger charge is 2.20. The van der Waals surface area contributed by atoms with E-state index in [0.717, 1.165) is 11.0 Å². The number of anilines is 1. The molecule has 0 spiro atoms. The molecule has 0 aliphatic carbocycles. The van der Waals surface area contributed by atoms with Gasteiger partial charge in [-0.05, 0) is 36.4 Å². The van der Waals surface area contributed by atoms with Gasteiger partial charge in [-0.15, -0.1) is 17.0 Å². The molecule has 2 aromatic carbocycles. The number of para-hydroxylation sites is 2. The number of imidazole rings is 1. The summed E-state index contributed by atoms with van der Waals surface area (Å²) in [6.45, 7) is 0.203. The van der Waals surface area contributed by atoms with Crippen LogP contribution >= 0.6 is 28.6 Å². The van der Waals surface area contributed by atoms with Gasteiger partial charge in [-0.1, -0.05) is 23.7 Å². The Morgan fingerprint density at radius 3 is 2.50 bits per heavy atom. The Morgan fingerprint density at radius 2 is 1.82 bits per heavy atom. The molecule has 1 heterocycles. The number of carbonyl (C=O) groups excluding carboxylic acids is 1. The van der Waals surface area contributed by atoms with Crippen LogP contribution in [0.2, 0.25) is 5.02 Å². The summed E-state index contributed by atoms with van der Waals surface area (Å²) < 4.78 is 3.71. The van der Waals surface area contributed by atoms with Crippen LogP contribution in [0.1, 0.15) is 10.4 Å². The van der Waals surface area contributed by atoms with Crippen molar-refractivity contribution < 1.29 is 9.36 Å². The van der Waals surface area contributed by atoms with Gasteiger partial charge in [0.1, 0.15) is 17.6 Å². The number of aromatic nitrogens is 2. The topological polar surface area (TPSA) is 51.9 Å². The third kappa shape index (κ3) is 2.87. The van der Waals surface area contributed by atoms with Crippen LogP contribution in [0.5, 0.6) is 0 Å². The minimum atomic E-state index is -0.000260. The van der Waals surface area contributed by atoms with Crippen molar-refractivity contribution in [1.29, 1.82) is 0 Å². The van der Waals surface area contributed by atoms with Gasteiger partial charge in [0, 0.05) is 10.6 Å². The van der Waals surface area contributed by atoms with Crippen LogP contribution in [-0.2, 0) is 13.6 Å². The molecule has 3 rings (SSSR count). The second-order valence-corrected chi connectivity index (χ2v) is 5.36. The zero-order chi connectivity index (χ0) is 15.0. The van der Waals surface area contributed by atoms with Gasteiger partial charge in [0.2, 0.25) is 0 Å². The lowest BCUT2D eigenvalue weighted by atomic mass is 10.1. The summed E-state index contributed by atoms with van der Waals surface area (Å²) in [6.07, 6.45) is 0. The zero-order valence-corrected chi connectivity index (χ0v) is 14.5. The van der Waals surface area contributed by atoms with E-state index in [-0.39, 0.29) is 29.3 Å². The number of rotatable bonds is 3. The van der Waals surface area contributed by atoms with Gasteiger partial charge in [-0.25, -0.2) is 9.13 Å². The first-order chi connectivity index (χ1) is 10.1. The SMILES string of the molecule is Br.C[n+]1c(N)n(CC(=O)c2ccc(Cl)cc2)c2ccccc21. The summed E-state index contributed by atoms with van der Waals surface area (Å²) in [7, 11) is 1.89. The monoisotopic (exact) mass is 380 g/mol. The third-order valence-electron chi connectivity index (χ3n) is 3.62. The van der Waals surface area contributed by atoms with Gasteiger partial charge < -0.3 is 0 Å². The van der Waals surface area contributed by atoms with Crippen LogP contribution in [0, 0.1) is 0 Å². The van der Waals surface area contributed by atoms with Crippen LogP contribution in [-0.4, -0.2) is 10.4 Å². The molecule has 1 aromatic heterocycles. The molecule has 0 saturated carbocycles. The van der Waals surface area contributed by atoms with E-state index >= 15 is 0 Å². The van der Waals surface area contributed by atoms with Crippen LogP contribution in [0.3, 0.4) is 0 Å². The zero-order valence-electron chi connectivity index (χ0n) is 12.0. The number of halogens is 2. The van der Waals surface area contributed by atoms with Crippen molar-refractivity contribution >= 4 is 51.3 Å². The van der Waals surface area contributed by atoms with E-state index < -0.39 is 0 Å².